The number of carbonyl (C=O) groups excluding carboxylic acids is 5. The van der Waals surface area contributed by atoms with E-state index < -0.39 is 48.1 Å². The molecule has 0 heterocycles. The van der Waals surface area contributed by atoms with E-state index in [1.807, 2.05) is 0 Å². The van der Waals surface area contributed by atoms with E-state index in [4.69, 9.17) is 9.47 Å². The van der Waals surface area contributed by atoms with Gasteiger partial charge in [-0.25, -0.2) is 9.59 Å². The summed E-state index contributed by atoms with van der Waals surface area (Å²) in [6.45, 7) is 10.2. The number of hydrogen-bond acceptors (Lipinski definition) is 7. The van der Waals surface area contributed by atoms with Crippen molar-refractivity contribution in [1.29, 1.82) is 0 Å². The Bertz CT molecular complexity index is 543. The first-order valence-corrected chi connectivity index (χ1v) is 7.23. The highest BCUT2D eigenvalue weighted by Gasteiger charge is 2.47. The third kappa shape index (κ3) is 7.13. The van der Waals surface area contributed by atoms with Gasteiger partial charge in [0.15, 0.2) is 5.60 Å². The summed E-state index contributed by atoms with van der Waals surface area (Å²) >= 11 is 0. The Morgan fingerprint density at radius 3 is 1.67 bits per heavy atom. The molecule has 0 aromatic carbocycles. The molecule has 0 aromatic heterocycles. The van der Waals surface area contributed by atoms with Crippen LogP contribution in [0.3, 0.4) is 0 Å². The molecule has 0 aromatic rings. The van der Waals surface area contributed by atoms with Crippen molar-refractivity contribution < 1.29 is 33.4 Å². The fourth-order valence-electron chi connectivity index (χ4n) is 2.30. The van der Waals surface area contributed by atoms with Crippen molar-refractivity contribution in [3.8, 4) is 0 Å². The van der Waals surface area contributed by atoms with Crippen molar-refractivity contribution in [3.63, 3.8) is 0 Å². The Morgan fingerprint density at radius 2 is 1.33 bits per heavy atom. The standard InChI is InChI=1S/C17H22O7/c1-6-15(21)23-14(8-11(3)18)17(9-12(4)19,10-13(5)20)24-16(22)7-2/h6-7,14H,1-2,8-10H2,3-5H3. The Morgan fingerprint density at radius 1 is 0.875 bits per heavy atom. The fraction of sp³-hybridized carbons (Fsp3) is 0.471. The number of ketones is 3. The van der Waals surface area contributed by atoms with Gasteiger partial charge in [0.05, 0.1) is 12.8 Å². The van der Waals surface area contributed by atoms with Gasteiger partial charge in [0.2, 0.25) is 0 Å². The van der Waals surface area contributed by atoms with Crippen molar-refractivity contribution in [2.24, 2.45) is 0 Å². The van der Waals surface area contributed by atoms with E-state index >= 15 is 0 Å². The highest BCUT2D eigenvalue weighted by Crippen LogP contribution is 2.31. The summed E-state index contributed by atoms with van der Waals surface area (Å²) in [6, 6.07) is 0. The number of rotatable bonds is 11. The SMILES string of the molecule is C=CC(=O)OC(CC(C)=O)C(CC(C)=O)(CC(C)=O)OC(=O)C=C. The van der Waals surface area contributed by atoms with Crippen LogP contribution in [0, 0.1) is 0 Å². The van der Waals surface area contributed by atoms with E-state index in [2.05, 4.69) is 13.2 Å². The maximum atomic E-state index is 11.7. The molecule has 0 aliphatic heterocycles. The Balaban J connectivity index is 6.09. The van der Waals surface area contributed by atoms with Gasteiger partial charge in [-0.2, -0.15) is 0 Å². The van der Waals surface area contributed by atoms with E-state index in [-0.39, 0.29) is 12.2 Å². The quantitative estimate of drug-likeness (QED) is 0.415. The van der Waals surface area contributed by atoms with Gasteiger partial charge in [-0.3, -0.25) is 14.4 Å². The summed E-state index contributed by atoms with van der Waals surface area (Å²) in [4.78, 5) is 58.2. The lowest BCUT2D eigenvalue weighted by atomic mass is 9.83. The molecule has 0 saturated carbocycles. The van der Waals surface area contributed by atoms with Crippen molar-refractivity contribution in [1.82, 2.24) is 0 Å². The molecule has 24 heavy (non-hydrogen) atoms. The van der Waals surface area contributed by atoms with Crippen LogP contribution in [0.1, 0.15) is 40.0 Å². The Kier molecular flexibility index (Phi) is 8.52. The first-order chi connectivity index (χ1) is 11.1. The topological polar surface area (TPSA) is 104 Å². The van der Waals surface area contributed by atoms with E-state index in [1.165, 1.54) is 20.8 Å². The average Bonchev–Trinajstić information content (AvgIpc) is 2.44. The molecule has 0 amide bonds. The molecular formula is C17H22O7. The summed E-state index contributed by atoms with van der Waals surface area (Å²) in [7, 11) is 0. The number of carbonyl (C=O) groups is 5. The van der Waals surface area contributed by atoms with Crippen LogP contribution in [0.15, 0.2) is 25.3 Å². The summed E-state index contributed by atoms with van der Waals surface area (Å²) in [5.74, 6) is -2.95. The molecule has 0 radical (unpaired) electrons. The molecular weight excluding hydrogens is 316 g/mol. The molecule has 0 saturated heterocycles. The molecule has 0 bridgehead atoms. The predicted octanol–water partition coefficient (Wildman–Crippen LogP) is 1.49. The average molecular weight is 338 g/mol. The van der Waals surface area contributed by atoms with E-state index in [0.29, 0.717) is 0 Å². The normalized spacial score (nSPS) is 11.8. The van der Waals surface area contributed by atoms with Crippen LogP contribution in [0.25, 0.3) is 0 Å². The highest BCUT2D eigenvalue weighted by atomic mass is 16.6. The molecule has 7 nitrogen and oxygen atoms in total. The lowest BCUT2D eigenvalue weighted by molar-refractivity contribution is -0.186. The van der Waals surface area contributed by atoms with Crippen LogP contribution in [-0.2, 0) is 33.4 Å². The fourth-order valence-corrected chi connectivity index (χ4v) is 2.30. The van der Waals surface area contributed by atoms with Gasteiger partial charge in [-0.05, 0) is 20.8 Å². The molecule has 0 aliphatic rings. The third-order valence-electron chi connectivity index (χ3n) is 3.05. The summed E-state index contributed by atoms with van der Waals surface area (Å²) in [5, 5.41) is 0. The van der Waals surface area contributed by atoms with Gasteiger partial charge in [-0.1, -0.05) is 13.2 Å². The van der Waals surface area contributed by atoms with Gasteiger partial charge in [0.25, 0.3) is 0 Å². The minimum Gasteiger partial charge on any atom is -0.454 e. The van der Waals surface area contributed by atoms with Gasteiger partial charge in [-0.15, -0.1) is 0 Å². The van der Waals surface area contributed by atoms with Crippen LogP contribution >= 0.6 is 0 Å². The minimum absolute atomic E-state index is 0.329. The monoisotopic (exact) mass is 338 g/mol. The second-order valence-corrected chi connectivity index (χ2v) is 5.48. The first-order valence-electron chi connectivity index (χ1n) is 7.23. The molecule has 0 rings (SSSR count). The number of esters is 2. The number of hydrogen-bond donors (Lipinski definition) is 0. The molecule has 1 atom stereocenters. The smallest absolute Gasteiger partial charge is 0.330 e. The summed E-state index contributed by atoms with van der Waals surface area (Å²) in [5.41, 5.74) is -1.78. The number of Topliss-reactive ketones (excluding diaryl/α,β-unsaturated/α-hetero) is 3. The van der Waals surface area contributed by atoms with Crippen LogP contribution < -0.4 is 0 Å². The summed E-state index contributed by atoms with van der Waals surface area (Å²) < 4.78 is 10.4. The zero-order valence-corrected chi connectivity index (χ0v) is 14.1. The van der Waals surface area contributed by atoms with Gasteiger partial charge < -0.3 is 9.47 Å². The molecule has 0 spiro atoms. The van der Waals surface area contributed by atoms with E-state index in [1.54, 1.807) is 0 Å². The maximum absolute atomic E-state index is 11.7. The van der Waals surface area contributed by atoms with E-state index in [9.17, 15) is 24.0 Å². The zero-order valence-electron chi connectivity index (χ0n) is 14.1. The molecule has 132 valence electrons. The van der Waals surface area contributed by atoms with Crippen LogP contribution in [-0.4, -0.2) is 41.0 Å². The summed E-state index contributed by atoms with van der Waals surface area (Å²) in [6.07, 6.45) is -0.699. The second-order valence-electron chi connectivity index (χ2n) is 5.48. The lowest BCUT2D eigenvalue weighted by Crippen LogP contribution is -2.51. The largest absolute Gasteiger partial charge is 0.454 e. The van der Waals surface area contributed by atoms with Crippen LogP contribution in [0.2, 0.25) is 0 Å². The zero-order chi connectivity index (χ0) is 18.9. The van der Waals surface area contributed by atoms with Gasteiger partial charge in [0.1, 0.15) is 23.5 Å². The highest BCUT2D eigenvalue weighted by molar-refractivity contribution is 5.86. The maximum Gasteiger partial charge on any atom is 0.330 e. The molecule has 0 N–H and O–H groups in total. The van der Waals surface area contributed by atoms with Crippen molar-refractivity contribution >= 4 is 29.3 Å². The molecule has 1 unspecified atom stereocenters. The van der Waals surface area contributed by atoms with E-state index in [0.717, 1.165) is 12.2 Å². The third-order valence-corrected chi connectivity index (χ3v) is 3.05. The van der Waals surface area contributed by atoms with Crippen molar-refractivity contribution in [2.45, 2.75) is 51.7 Å². The van der Waals surface area contributed by atoms with Crippen LogP contribution in [0.5, 0.6) is 0 Å². The Hall–Kier alpha value is -2.57. The van der Waals surface area contributed by atoms with Crippen LogP contribution in [0.4, 0.5) is 0 Å². The van der Waals surface area contributed by atoms with Gasteiger partial charge >= 0.3 is 11.9 Å². The Labute approximate surface area is 140 Å². The first kappa shape index (κ1) is 21.4. The van der Waals surface area contributed by atoms with Crippen molar-refractivity contribution in [2.75, 3.05) is 0 Å². The minimum atomic E-state index is -1.78. The van der Waals surface area contributed by atoms with Crippen molar-refractivity contribution in [3.05, 3.63) is 25.3 Å². The second kappa shape index (κ2) is 9.54. The predicted molar refractivity (Wildman–Crippen MR) is 85.0 cm³/mol. The molecule has 0 aliphatic carbocycles. The number of ether oxygens (including phenoxy) is 2. The lowest BCUT2D eigenvalue weighted by Gasteiger charge is -2.37. The molecule has 0 fully saturated rings. The van der Waals surface area contributed by atoms with Gasteiger partial charge in [0, 0.05) is 18.6 Å². The molecule has 7 heteroatoms.